The predicted molar refractivity (Wildman–Crippen MR) is 101 cm³/mol. The van der Waals surface area contributed by atoms with Crippen LogP contribution in [0.4, 0.5) is 0 Å². The fourth-order valence-electron chi connectivity index (χ4n) is 4.51. The van der Waals surface area contributed by atoms with Crippen LogP contribution in [0.25, 0.3) is 0 Å². The van der Waals surface area contributed by atoms with E-state index < -0.39 is 0 Å². The lowest BCUT2D eigenvalue weighted by molar-refractivity contribution is -0.00155. The van der Waals surface area contributed by atoms with Gasteiger partial charge in [0.05, 0.1) is 6.10 Å². The number of aliphatic hydroxyl groups excluding tert-OH is 1. The number of hydrogen-bond donors (Lipinski definition) is 1. The molecule has 1 N–H and O–H groups in total. The van der Waals surface area contributed by atoms with Gasteiger partial charge < -0.3 is 5.11 Å². The van der Waals surface area contributed by atoms with Crippen molar-refractivity contribution in [2.45, 2.75) is 64.4 Å². The predicted octanol–water partition coefficient (Wildman–Crippen LogP) is 5.71. The lowest BCUT2D eigenvalue weighted by Gasteiger charge is -2.40. The van der Waals surface area contributed by atoms with E-state index in [1.165, 1.54) is 29.5 Å². The van der Waals surface area contributed by atoms with E-state index in [1.807, 2.05) is 0 Å². The topological polar surface area (TPSA) is 20.2 Å². The van der Waals surface area contributed by atoms with Crippen LogP contribution in [0.15, 0.2) is 54.6 Å². The van der Waals surface area contributed by atoms with Gasteiger partial charge in [-0.2, -0.15) is 0 Å². The maximum atomic E-state index is 11.6. The van der Waals surface area contributed by atoms with E-state index in [2.05, 4.69) is 68.4 Å². The van der Waals surface area contributed by atoms with Crippen LogP contribution in [-0.4, -0.2) is 11.2 Å². The Morgan fingerprint density at radius 2 is 1.71 bits per heavy atom. The molecule has 0 amide bonds. The Kier molecular flexibility index (Phi) is 5.40. The van der Waals surface area contributed by atoms with Crippen LogP contribution in [0.5, 0.6) is 0 Å². The van der Waals surface area contributed by atoms with Crippen molar-refractivity contribution in [1.82, 2.24) is 0 Å². The zero-order valence-electron chi connectivity index (χ0n) is 15.0. The van der Waals surface area contributed by atoms with E-state index in [1.54, 1.807) is 0 Å². The fourth-order valence-corrected chi connectivity index (χ4v) is 4.51. The van der Waals surface area contributed by atoms with E-state index in [9.17, 15) is 5.11 Å². The van der Waals surface area contributed by atoms with Crippen molar-refractivity contribution in [3.63, 3.8) is 0 Å². The molecule has 0 radical (unpaired) electrons. The fraction of sp³-hybridized carbons (Fsp3) is 0.478. The highest BCUT2D eigenvalue weighted by atomic mass is 16.3. The molecule has 24 heavy (non-hydrogen) atoms. The molecule has 0 saturated carbocycles. The van der Waals surface area contributed by atoms with E-state index in [0.29, 0.717) is 0 Å². The first-order valence-electron chi connectivity index (χ1n) is 9.52. The first-order valence-corrected chi connectivity index (χ1v) is 9.52. The van der Waals surface area contributed by atoms with Crippen LogP contribution >= 0.6 is 0 Å². The molecule has 128 valence electrons. The van der Waals surface area contributed by atoms with Crippen molar-refractivity contribution >= 4 is 0 Å². The molecule has 2 aromatic carbocycles. The number of aliphatic hydroxyl groups is 1. The Morgan fingerprint density at radius 3 is 2.42 bits per heavy atom. The van der Waals surface area contributed by atoms with Gasteiger partial charge in [-0.15, -0.1) is 0 Å². The molecule has 1 heteroatoms. The highest BCUT2D eigenvalue weighted by Gasteiger charge is 2.43. The smallest absolute Gasteiger partial charge is 0.0705 e. The Bertz CT molecular complexity index is 648. The van der Waals surface area contributed by atoms with Crippen molar-refractivity contribution in [2.75, 3.05) is 0 Å². The molecule has 0 aliphatic heterocycles. The number of rotatable bonds is 5. The van der Waals surface area contributed by atoms with Gasteiger partial charge in [0.25, 0.3) is 0 Å². The van der Waals surface area contributed by atoms with Crippen molar-refractivity contribution in [3.8, 4) is 0 Å². The number of unbranched alkanes of at least 4 members (excludes halogenated alkanes) is 1. The quantitative estimate of drug-likeness (QED) is 0.699. The molecule has 0 unspecified atom stereocenters. The Hall–Kier alpha value is -1.60. The summed E-state index contributed by atoms with van der Waals surface area (Å²) >= 11 is 0. The third-order valence-corrected chi connectivity index (χ3v) is 6.12. The molecule has 0 aromatic heterocycles. The highest BCUT2D eigenvalue weighted by molar-refractivity contribution is 5.41. The summed E-state index contributed by atoms with van der Waals surface area (Å²) in [5.74, 6) is 0.0849. The Labute approximate surface area is 146 Å². The molecule has 0 heterocycles. The van der Waals surface area contributed by atoms with Crippen molar-refractivity contribution < 1.29 is 5.11 Å². The summed E-state index contributed by atoms with van der Waals surface area (Å²) in [4.78, 5) is 0. The van der Waals surface area contributed by atoms with Crippen molar-refractivity contribution in [2.24, 2.45) is 5.41 Å². The normalized spacial score (nSPS) is 26.6. The average molecular weight is 322 g/mol. The summed E-state index contributed by atoms with van der Waals surface area (Å²) in [5, 5.41) is 11.6. The largest absolute Gasteiger partial charge is 0.392 e. The van der Waals surface area contributed by atoms with Crippen molar-refractivity contribution in [1.29, 1.82) is 0 Å². The standard InChI is InChI=1S/C23H30O/c1-3-5-16-23(4-2)17-15-18-11-9-10-14-20(18)21(22(23)24)19-12-7-6-8-13-19/h6-14,21-22,24H,3-5,15-17H2,1-2H3/t21-,22-,23-/m1/s1. The van der Waals surface area contributed by atoms with E-state index >= 15 is 0 Å². The number of hydrogen-bond acceptors (Lipinski definition) is 1. The SMILES string of the molecule is CCCC[C@]1(CC)CCc2ccccc2[C@@H](c2ccccc2)[C@H]1O. The second kappa shape index (κ2) is 7.53. The summed E-state index contributed by atoms with van der Waals surface area (Å²) in [5.41, 5.74) is 4.00. The van der Waals surface area contributed by atoms with E-state index in [4.69, 9.17) is 0 Å². The second-order valence-electron chi connectivity index (χ2n) is 7.35. The third-order valence-electron chi connectivity index (χ3n) is 6.12. The third kappa shape index (κ3) is 3.15. The van der Waals surface area contributed by atoms with Crippen LogP contribution in [0, 0.1) is 5.41 Å². The minimum absolute atomic E-state index is 0.0234. The van der Waals surface area contributed by atoms with Crippen LogP contribution in [0.2, 0.25) is 0 Å². The molecule has 0 spiro atoms. The van der Waals surface area contributed by atoms with Crippen LogP contribution < -0.4 is 0 Å². The molecule has 0 bridgehead atoms. The molecule has 3 atom stereocenters. The molecule has 1 nitrogen and oxygen atoms in total. The summed E-state index contributed by atoms with van der Waals surface area (Å²) in [6.07, 6.45) is 6.41. The highest BCUT2D eigenvalue weighted by Crippen LogP contribution is 2.48. The average Bonchev–Trinajstić information content (AvgIpc) is 2.76. The maximum Gasteiger partial charge on any atom is 0.0705 e. The number of benzene rings is 2. The Morgan fingerprint density at radius 1 is 1.00 bits per heavy atom. The molecule has 1 aliphatic rings. The number of fused-ring (bicyclic) bond motifs is 1. The zero-order chi connectivity index (χ0) is 17.0. The lowest BCUT2D eigenvalue weighted by atomic mass is 9.67. The van der Waals surface area contributed by atoms with Gasteiger partial charge in [0.15, 0.2) is 0 Å². The molecule has 0 saturated heterocycles. The first-order chi connectivity index (χ1) is 11.7. The molecule has 3 rings (SSSR count). The van der Waals surface area contributed by atoms with Gasteiger partial charge in [-0.25, -0.2) is 0 Å². The molecular weight excluding hydrogens is 292 g/mol. The van der Waals surface area contributed by atoms with Gasteiger partial charge >= 0.3 is 0 Å². The zero-order valence-corrected chi connectivity index (χ0v) is 15.0. The van der Waals surface area contributed by atoms with Crippen LogP contribution in [0.3, 0.4) is 0 Å². The van der Waals surface area contributed by atoms with Gasteiger partial charge in [-0.05, 0) is 47.8 Å². The summed E-state index contributed by atoms with van der Waals surface area (Å²) in [6, 6.07) is 19.3. The minimum Gasteiger partial charge on any atom is -0.392 e. The first kappa shape index (κ1) is 17.2. The molecule has 1 aliphatic carbocycles. The molecular formula is C23H30O. The summed E-state index contributed by atoms with van der Waals surface area (Å²) in [6.45, 7) is 4.51. The van der Waals surface area contributed by atoms with Gasteiger partial charge in [-0.3, -0.25) is 0 Å². The summed E-state index contributed by atoms with van der Waals surface area (Å²) in [7, 11) is 0. The molecule has 0 fully saturated rings. The van der Waals surface area contributed by atoms with Gasteiger partial charge in [0.1, 0.15) is 0 Å². The number of aryl methyl sites for hydroxylation is 1. The second-order valence-corrected chi connectivity index (χ2v) is 7.35. The molecule has 2 aromatic rings. The van der Waals surface area contributed by atoms with Gasteiger partial charge in [0, 0.05) is 5.92 Å². The maximum absolute atomic E-state index is 11.6. The Balaban J connectivity index is 2.09. The van der Waals surface area contributed by atoms with E-state index in [0.717, 1.165) is 25.7 Å². The van der Waals surface area contributed by atoms with E-state index in [-0.39, 0.29) is 17.4 Å². The van der Waals surface area contributed by atoms with Crippen molar-refractivity contribution in [3.05, 3.63) is 71.3 Å². The van der Waals surface area contributed by atoms with Crippen LogP contribution in [-0.2, 0) is 6.42 Å². The summed E-state index contributed by atoms with van der Waals surface area (Å²) < 4.78 is 0. The van der Waals surface area contributed by atoms with Crippen LogP contribution in [0.1, 0.15) is 68.6 Å². The lowest BCUT2D eigenvalue weighted by Crippen LogP contribution is -2.38. The van der Waals surface area contributed by atoms with Gasteiger partial charge in [0.2, 0.25) is 0 Å². The van der Waals surface area contributed by atoms with Gasteiger partial charge in [-0.1, -0.05) is 81.3 Å². The monoisotopic (exact) mass is 322 g/mol. The minimum atomic E-state index is -0.319.